The average molecular weight is 305 g/mol. The predicted molar refractivity (Wildman–Crippen MR) is 53.7 cm³/mol. The summed E-state index contributed by atoms with van der Waals surface area (Å²) < 4.78 is 13.7. The second-order valence-electron chi connectivity index (χ2n) is 1.96. The van der Waals surface area contributed by atoms with Gasteiger partial charge in [0.1, 0.15) is 5.82 Å². The van der Waals surface area contributed by atoms with Gasteiger partial charge in [0.15, 0.2) is 0 Å². The van der Waals surface area contributed by atoms with Crippen LogP contribution in [0.4, 0.5) is 4.39 Å². The van der Waals surface area contributed by atoms with E-state index in [0.29, 0.717) is 10.6 Å². The van der Waals surface area contributed by atoms with Crippen molar-refractivity contribution in [1.82, 2.24) is 0 Å². The fourth-order valence-electron chi connectivity index (χ4n) is 0.692. The van der Waals surface area contributed by atoms with Gasteiger partial charge in [0.2, 0.25) is 0 Å². The van der Waals surface area contributed by atoms with Crippen LogP contribution in [0.2, 0.25) is 5.02 Å². The van der Waals surface area contributed by atoms with E-state index in [9.17, 15) is 4.39 Å². The second kappa shape index (κ2) is 3.92. The van der Waals surface area contributed by atoms with E-state index < -0.39 is 0 Å². The van der Waals surface area contributed by atoms with Gasteiger partial charge in [-0.05, 0) is 34.7 Å². The molecule has 0 atom stereocenters. The van der Waals surface area contributed by atoms with Crippen LogP contribution in [0.15, 0.2) is 12.1 Å². The summed E-state index contributed by atoms with van der Waals surface area (Å²) in [5.41, 5.74) is 0.375. The maximum absolute atomic E-state index is 12.9. The van der Waals surface area contributed by atoms with Crippen molar-refractivity contribution in [1.29, 1.82) is 0 Å². The Hall–Kier alpha value is 0.460. The second-order valence-corrected chi connectivity index (χ2v) is 3.76. The van der Waals surface area contributed by atoms with E-state index in [4.69, 9.17) is 23.2 Å². The van der Waals surface area contributed by atoms with Gasteiger partial charge in [0, 0.05) is 9.13 Å². The van der Waals surface area contributed by atoms with Crippen molar-refractivity contribution in [3.8, 4) is 0 Å². The molecule has 0 aliphatic rings. The van der Waals surface area contributed by atoms with Crippen LogP contribution < -0.4 is 0 Å². The maximum atomic E-state index is 12.9. The van der Waals surface area contributed by atoms with E-state index in [0.717, 1.165) is 3.57 Å². The minimum atomic E-state index is -0.342. The topological polar surface area (TPSA) is 0 Å². The molecule has 11 heavy (non-hydrogen) atoms. The fourth-order valence-corrected chi connectivity index (χ4v) is 1.75. The van der Waals surface area contributed by atoms with Crippen LogP contribution in [-0.2, 0) is 5.88 Å². The summed E-state index contributed by atoms with van der Waals surface area (Å²) in [6.07, 6.45) is 0. The third-order valence-corrected chi connectivity index (χ3v) is 3.19. The van der Waals surface area contributed by atoms with Gasteiger partial charge in [0.25, 0.3) is 0 Å². The molecule has 0 aromatic heterocycles. The summed E-state index contributed by atoms with van der Waals surface area (Å²) >= 11 is 13.3. The van der Waals surface area contributed by atoms with Gasteiger partial charge in [-0.15, -0.1) is 11.6 Å². The fraction of sp³-hybridized carbons (Fsp3) is 0.143. The molecule has 60 valence electrons. The molecule has 0 N–H and O–H groups in total. The number of hydrogen-bond donors (Lipinski definition) is 0. The quantitative estimate of drug-likeness (QED) is 0.420. The van der Waals surface area contributed by atoms with E-state index >= 15 is 0 Å². The lowest BCUT2D eigenvalue weighted by molar-refractivity contribution is 0.616. The molecule has 1 rings (SSSR count). The Bertz CT molecular complexity index is 275. The first-order chi connectivity index (χ1) is 5.16. The number of rotatable bonds is 1. The predicted octanol–water partition coefficient (Wildman–Crippen LogP) is 3.82. The standard InChI is InChI=1S/C7H4Cl2FI/c8-3-4-5(10)1-2-6(11)7(4)9/h1-2H,3H2. The van der Waals surface area contributed by atoms with E-state index in [1.807, 2.05) is 22.6 Å². The molecule has 0 nitrogen and oxygen atoms in total. The van der Waals surface area contributed by atoms with E-state index in [2.05, 4.69) is 0 Å². The van der Waals surface area contributed by atoms with Crippen LogP contribution >= 0.6 is 45.8 Å². The molecule has 0 bridgehead atoms. The van der Waals surface area contributed by atoms with Crippen LogP contribution in [0.1, 0.15) is 5.56 Å². The molecule has 0 amide bonds. The largest absolute Gasteiger partial charge is 0.207 e. The molecule has 0 radical (unpaired) electrons. The van der Waals surface area contributed by atoms with Crippen molar-refractivity contribution in [2.45, 2.75) is 5.88 Å². The molecule has 1 aromatic rings. The third kappa shape index (κ3) is 1.98. The SMILES string of the molecule is Fc1ccc(I)c(Cl)c1CCl. The van der Waals surface area contributed by atoms with Crippen LogP contribution in [0.3, 0.4) is 0 Å². The molecular formula is C7H4Cl2FI. The zero-order valence-corrected chi connectivity index (χ0v) is 9.04. The number of alkyl halides is 1. The number of hydrogen-bond acceptors (Lipinski definition) is 0. The molecular weight excluding hydrogens is 301 g/mol. The molecule has 0 aliphatic carbocycles. The van der Waals surface area contributed by atoms with Gasteiger partial charge in [0.05, 0.1) is 10.9 Å². The van der Waals surface area contributed by atoms with E-state index in [1.165, 1.54) is 6.07 Å². The Balaban J connectivity index is 3.29. The van der Waals surface area contributed by atoms with Crippen LogP contribution in [0, 0.1) is 9.39 Å². The summed E-state index contributed by atoms with van der Waals surface area (Å²) in [4.78, 5) is 0. The van der Waals surface area contributed by atoms with E-state index in [-0.39, 0.29) is 11.7 Å². The number of halogens is 4. The van der Waals surface area contributed by atoms with Crippen molar-refractivity contribution >= 4 is 45.8 Å². The first kappa shape index (κ1) is 9.55. The third-order valence-electron chi connectivity index (χ3n) is 1.27. The van der Waals surface area contributed by atoms with Crippen LogP contribution in [-0.4, -0.2) is 0 Å². The molecule has 0 heterocycles. The molecule has 1 aromatic carbocycles. The lowest BCUT2D eigenvalue weighted by Gasteiger charge is -2.02. The molecule has 0 unspecified atom stereocenters. The van der Waals surface area contributed by atoms with Crippen LogP contribution in [0.5, 0.6) is 0 Å². The molecule has 0 aliphatic heterocycles. The van der Waals surface area contributed by atoms with Gasteiger partial charge >= 0.3 is 0 Å². The van der Waals surface area contributed by atoms with E-state index in [1.54, 1.807) is 6.07 Å². The van der Waals surface area contributed by atoms with Gasteiger partial charge in [-0.2, -0.15) is 0 Å². The Labute approximate surface area is 87.8 Å². The highest BCUT2D eigenvalue weighted by molar-refractivity contribution is 14.1. The zero-order valence-electron chi connectivity index (χ0n) is 5.37. The highest BCUT2D eigenvalue weighted by atomic mass is 127. The highest BCUT2D eigenvalue weighted by Crippen LogP contribution is 2.26. The maximum Gasteiger partial charge on any atom is 0.129 e. The lowest BCUT2D eigenvalue weighted by Crippen LogP contribution is -1.89. The Morgan fingerprint density at radius 3 is 2.55 bits per heavy atom. The van der Waals surface area contributed by atoms with Crippen molar-refractivity contribution in [2.24, 2.45) is 0 Å². The lowest BCUT2D eigenvalue weighted by atomic mass is 10.2. The summed E-state index contributed by atoms with van der Waals surface area (Å²) in [6.45, 7) is 0. The molecule has 4 heteroatoms. The highest BCUT2D eigenvalue weighted by Gasteiger charge is 2.08. The monoisotopic (exact) mass is 304 g/mol. The summed E-state index contributed by atoms with van der Waals surface area (Å²) in [5.74, 6) is -0.230. The molecule has 0 spiro atoms. The number of benzene rings is 1. The van der Waals surface area contributed by atoms with Gasteiger partial charge in [-0.3, -0.25) is 0 Å². The Kier molecular flexibility index (Phi) is 3.40. The summed E-state index contributed by atoms with van der Waals surface area (Å²) in [7, 11) is 0. The van der Waals surface area contributed by atoms with Crippen molar-refractivity contribution in [2.75, 3.05) is 0 Å². The Morgan fingerprint density at radius 2 is 2.09 bits per heavy atom. The van der Waals surface area contributed by atoms with Gasteiger partial charge in [-0.25, -0.2) is 4.39 Å². The van der Waals surface area contributed by atoms with Crippen molar-refractivity contribution in [3.05, 3.63) is 32.1 Å². The summed E-state index contributed by atoms with van der Waals surface area (Å²) in [6, 6.07) is 2.99. The minimum absolute atomic E-state index is 0.113. The molecule has 0 fully saturated rings. The molecule has 0 saturated heterocycles. The van der Waals surface area contributed by atoms with Gasteiger partial charge < -0.3 is 0 Å². The van der Waals surface area contributed by atoms with Gasteiger partial charge in [-0.1, -0.05) is 11.6 Å². The average Bonchev–Trinajstić information content (AvgIpc) is 1.99. The minimum Gasteiger partial charge on any atom is -0.207 e. The normalized spacial score (nSPS) is 10.2. The first-order valence-electron chi connectivity index (χ1n) is 2.85. The van der Waals surface area contributed by atoms with Crippen LogP contribution in [0.25, 0.3) is 0 Å². The summed E-state index contributed by atoms with van der Waals surface area (Å²) in [5, 5.41) is 0.417. The van der Waals surface area contributed by atoms with Crippen molar-refractivity contribution < 1.29 is 4.39 Å². The smallest absolute Gasteiger partial charge is 0.129 e. The Morgan fingerprint density at radius 1 is 1.45 bits per heavy atom. The van der Waals surface area contributed by atoms with Crippen molar-refractivity contribution in [3.63, 3.8) is 0 Å². The zero-order chi connectivity index (χ0) is 8.43. The first-order valence-corrected chi connectivity index (χ1v) is 4.84. The molecule has 0 saturated carbocycles.